The standard InChI is InChI=1S/C56H39NO/c1-2-15-42-37-43(28-27-38(42)13-1)48-18-5-6-19-50(48)51-20-7-9-25-54(51)57(44-33-29-40(30-34-44)47-22-11-16-39-14-3-4-17-46(39)47)45-35-31-41(32-36-45)49-23-12-24-53-52-21-8-10-26-55(52)58-56(49)53/h1-7,9-20,22-37H,8,21H2. The maximum absolute atomic E-state index is 6.51. The Labute approximate surface area is 338 Å². The summed E-state index contributed by atoms with van der Waals surface area (Å²) in [6, 6.07) is 72.7. The van der Waals surface area contributed by atoms with Gasteiger partial charge < -0.3 is 9.32 Å². The third kappa shape index (κ3) is 5.90. The molecule has 0 N–H and O–H groups in total. The first-order chi connectivity index (χ1) is 28.8. The molecule has 1 aromatic heterocycles. The molecule has 0 aliphatic heterocycles. The molecule has 1 aliphatic rings. The van der Waals surface area contributed by atoms with E-state index < -0.39 is 0 Å². The Kier molecular flexibility index (Phi) is 8.33. The summed E-state index contributed by atoms with van der Waals surface area (Å²) >= 11 is 0. The van der Waals surface area contributed by atoms with Crippen LogP contribution >= 0.6 is 0 Å². The van der Waals surface area contributed by atoms with Gasteiger partial charge in [0.25, 0.3) is 0 Å². The van der Waals surface area contributed by atoms with E-state index >= 15 is 0 Å². The Bertz CT molecular complexity index is 3160. The molecule has 2 heteroatoms. The smallest absolute Gasteiger partial charge is 0.142 e. The first kappa shape index (κ1) is 33.9. The number of rotatable bonds is 7. The van der Waals surface area contributed by atoms with Crippen molar-refractivity contribution in [2.24, 2.45) is 0 Å². The molecule has 0 fully saturated rings. The molecule has 0 unspecified atom stereocenters. The van der Waals surface area contributed by atoms with Crippen molar-refractivity contribution in [3.8, 4) is 44.5 Å². The second-order valence-electron chi connectivity index (χ2n) is 15.1. The van der Waals surface area contributed by atoms with Crippen molar-refractivity contribution in [3.63, 3.8) is 0 Å². The Morgan fingerprint density at radius 1 is 0.397 bits per heavy atom. The van der Waals surface area contributed by atoms with Gasteiger partial charge in [-0.25, -0.2) is 0 Å². The lowest BCUT2D eigenvalue weighted by Crippen LogP contribution is -2.11. The van der Waals surface area contributed by atoms with Crippen LogP contribution < -0.4 is 4.90 Å². The summed E-state index contributed by atoms with van der Waals surface area (Å²) in [5, 5.41) is 6.19. The largest absolute Gasteiger partial charge is 0.456 e. The third-order valence-corrected chi connectivity index (χ3v) is 11.8. The molecule has 0 saturated carbocycles. The predicted octanol–water partition coefficient (Wildman–Crippen LogP) is 15.8. The van der Waals surface area contributed by atoms with Crippen LogP contribution in [0.15, 0.2) is 211 Å². The lowest BCUT2D eigenvalue weighted by Gasteiger charge is -2.29. The summed E-state index contributed by atoms with van der Waals surface area (Å²) in [4.78, 5) is 2.40. The quantitative estimate of drug-likeness (QED) is 0.162. The molecule has 1 aliphatic carbocycles. The third-order valence-electron chi connectivity index (χ3n) is 11.8. The number of benzene rings is 9. The van der Waals surface area contributed by atoms with Crippen molar-refractivity contribution in [1.82, 2.24) is 0 Å². The number of hydrogen-bond donors (Lipinski definition) is 0. The molecule has 58 heavy (non-hydrogen) atoms. The highest BCUT2D eigenvalue weighted by Gasteiger charge is 2.21. The fourth-order valence-electron chi connectivity index (χ4n) is 8.93. The molecule has 0 atom stereocenters. The van der Waals surface area contributed by atoms with Crippen LogP contribution in [-0.4, -0.2) is 0 Å². The van der Waals surface area contributed by atoms with E-state index in [9.17, 15) is 0 Å². The van der Waals surface area contributed by atoms with Gasteiger partial charge in [0.1, 0.15) is 11.3 Å². The van der Waals surface area contributed by atoms with Gasteiger partial charge in [0.2, 0.25) is 0 Å². The van der Waals surface area contributed by atoms with Crippen molar-refractivity contribution in [1.29, 1.82) is 0 Å². The summed E-state index contributed by atoms with van der Waals surface area (Å²) in [7, 11) is 0. The molecule has 1 heterocycles. The van der Waals surface area contributed by atoms with Crippen molar-refractivity contribution >= 4 is 55.7 Å². The van der Waals surface area contributed by atoms with E-state index in [-0.39, 0.29) is 0 Å². The molecule has 0 radical (unpaired) electrons. The fourth-order valence-corrected chi connectivity index (χ4v) is 8.93. The van der Waals surface area contributed by atoms with Crippen LogP contribution in [0.25, 0.3) is 83.1 Å². The number of furan rings is 1. The highest BCUT2D eigenvalue weighted by Crippen LogP contribution is 2.45. The number of allylic oxidation sites excluding steroid dienone is 1. The number of nitrogens with zero attached hydrogens (tertiary/aromatic N) is 1. The Balaban J connectivity index is 1.06. The number of hydrogen-bond acceptors (Lipinski definition) is 2. The molecule has 9 aromatic carbocycles. The molecule has 0 spiro atoms. The average molecular weight is 742 g/mol. The van der Waals surface area contributed by atoms with Crippen LogP contribution in [0.2, 0.25) is 0 Å². The molecule has 274 valence electrons. The van der Waals surface area contributed by atoms with Gasteiger partial charge in [-0.15, -0.1) is 0 Å². The summed E-state index contributed by atoms with van der Waals surface area (Å²) in [5.74, 6) is 0.990. The van der Waals surface area contributed by atoms with Crippen LogP contribution in [0.3, 0.4) is 0 Å². The normalized spacial score (nSPS) is 12.3. The summed E-state index contributed by atoms with van der Waals surface area (Å²) in [6.07, 6.45) is 6.40. The van der Waals surface area contributed by atoms with E-state index in [1.807, 2.05) is 0 Å². The summed E-state index contributed by atoms with van der Waals surface area (Å²) in [5.41, 5.74) is 14.9. The Morgan fingerprint density at radius 3 is 1.78 bits per heavy atom. The highest BCUT2D eigenvalue weighted by molar-refractivity contribution is 6.00. The van der Waals surface area contributed by atoms with E-state index in [4.69, 9.17) is 4.42 Å². The predicted molar refractivity (Wildman–Crippen MR) is 245 cm³/mol. The highest BCUT2D eigenvalue weighted by atomic mass is 16.3. The van der Waals surface area contributed by atoms with Gasteiger partial charge in [0.15, 0.2) is 0 Å². The number of aryl methyl sites for hydroxylation is 1. The minimum Gasteiger partial charge on any atom is -0.456 e. The van der Waals surface area contributed by atoms with Crippen LogP contribution in [0.1, 0.15) is 17.7 Å². The molecular weight excluding hydrogens is 703 g/mol. The zero-order valence-corrected chi connectivity index (χ0v) is 32.0. The zero-order valence-electron chi connectivity index (χ0n) is 32.0. The first-order valence-corrected chi connectivity index (χ1v) is 20.1. The Hall–Kier alpha value is -7.42. The second kappa shape index (κ2) is 14.3. The number of fused-ring (bicyclic) bond motifs is 5. The molecular formula is C56H39NO. The summed E-state index contributed by atoms with van der Waals surface area (Å²) < 4.78 is 6.51. The Morgan fingerprint density at radius 2 is 0.966 bits per heavy atom. The van der Waals surface area contributed by atoms with E-state index in [0.29, 0.717) is 0 Å². The average Bonchev–Trinajstić information content (AvgIpc) is 3.69. The van der Waals surface area contributed by atoms with Crippen LogP contribution in [-0.2, 0) is 6.42 Å². The molecule has 10 aromatic rings. The molecule has 0 bridgehead atoms. The van der Waals surface area contributed by atoms with Crippen molar-refractivity contribution < 1.29 is 4.42 Å². The monoisotopic (exact) mass is 741 g/mol. The fraction of sp³-hybridized carbons (Fsp3) is 0.0357. The van der Waals surface area contributed by atoms with Gasteiger partial charge in [0, 0.05) is 33.5 Å². The zero-order chi connectivity index (χ0) is 38.4. The first-order valence-electron chi connectivity index (χ1n) is 20.1. The molecule has 2 nitrogen and oxygen atoms in total. The van der Waals surface area contributed by atoms with Gasteiger partial charge in [-0.3, -0.25) is 0 Å². The minimum absolute atomic E-state index is 0.961. The SMILES string of the molecule is C1=Cc2oc3c(-c4ccc(N(c5ccc(-c6cccc7ccccc67)cc5)c5ccccc5-c5ccccc5-c5ccc6ccccc6c5)cc4)cccc3c2CC1. The lowest BCUT2D eigenvalue weighted by molar-refractivity contribution is 0.596. The number of para-hydroxylation sites is 2. The van der Waals surface area contributed by atoms with Gasteiger partial charge in [-0.1, -0.05) is 170 Å². The van der Waals surface area contributed by atoms with Gasteiger partial charge in [-0.2, -0.15) is 0 Å². The molecule has 0 amide bonds. The minimum atomic E-state index is 0.961. The van der Waals surface area contributed by atoms with E-state index in [2.05, 4.69) is 217 Å². The second-order valence-corrected chi connectivity index (χ2v) is 15.1. The van der Waals surface area contributed by atoms with E-state index in [0.717, 1.165) is 57.9 Å². The van der Waals surface area contributed by atoms with Crippen LogP contribution in [0.5, 0.6) is 0 Å². The maximum atomic E-state index is 6.51. The van der Waals surface area contributed by atoms with E-state index in [1.165, 1.54) is 60.3 Å². The van der Waals surface area contributed by atoms with Crippen molar-refractivity contribution in [3.05, 3.63) is 218 Å². The summed E-state index contributed by atoms with van der Waals surface area (Å²) in [6.45, 7) is 0. The van der Waals surface area contributed by atoms with Crippen molar-refractivity contribution in [2.45, 2.75) is 12.8 Å². The van der Waals surface area contributed by atoms with Crippen LogP contribution in [0.4, 0.5) is 17.1 Å². The number of anilines is 3. The maximum Gasteiger partial charge on any atom is 0.142 e. The van der Waals surface area contributed by atoms with Gasteiger partial charge in [0.05, 0.1) is 5.69 Å². The molecule has 11 rings (SSSR count). The van der Waals surface area contributed by atoms with Gasteiger partial charge >= 0.3 is 0 Å². The molecule has 0 saturated heterocycles. The van der Waals surface area contributed by atoms with E-state index in [1.54, 1.807) is 0 Å². The topological polar surface area (TPSA) is 16.4 Å². The van der Waals surface area contributed by atoms with Crippen molar-refractivity contribution in [2.75, 3.05) is 4.90 Å². The van der Waals surface area contributed by atoms with Gasteiger partial charge in [-0.05, 0) is 110 Å². The van der Waals surface area contributed by atoms with Crippen LogP contribution in [0, 0.1) is 0 Å². The lowest BCUT2D eigenvalue weighted by atomic mass is 9.92.